The zero-order chi connectivity index (χ0) is 14.8. The first-order valence-corrected chi connectivity index (χ1v) is 8.71. The maximum Gasteiger partial charge on any atom is 0.235 e. The first-order chi connectivity index (χ1) is 10.9. The molecule has 1 aliphatic rings. The Balaban J connectivity index is 1.60. The molecule has 4 rings (SSSR count). The number of benzene rings is 1. The van der Waals surface area contributed by atoms with Crippen LogP contribution >= 0.6 is 11.3 Å². The lowest BCUT2D eigenvalue weighted by molar-refractivity contribution is 0.268. The maximum atomic E-state index is 4.72. The molecule has 1 fully saturated rings. The Labute approximate surface area is 133 Å². The number of aromatic nitrogens is 4. The van der Waals surface area contributed by atoms with Crippen LogP contribution < -0.4 is 0 Å². The Kier molecular flexibility index (Phi) is 3.86. The van der Waals surface area contributed by atoms with Gasteiger partial charge in [-0.2, -0.15) is 9.61 Å². The quantitative estimate of drug-likeness (QED) is 0.745. The van der Waals surface area contributed by atoms with Crippen molar-refractivity contribution >= 4 is 16.3 Å². The fourth-order valence-corrected chi connectivity index (χ4v) is 3.81. The highest BCUT2D eigenvalue weighted by Crippen LogP contribution is 2.25. The Morgan fingerprint density at radius 2 is 1.73 bits per heavy atom. The van der Waals surface area contributed by atoms with Gasteiger partial charge in [-0.15, -0.1) is 10.2 Å². The van der Waals surface area contributed by atoms with Crippen molar-refractivity contribution in [1.82, 2.24) is 24.7 Å². The van der Waals surface area contributed by atoms with Gasteiger partial charge in [0.05, 0.1) is 6.54 Å². The second kappa shape index (κ2) is 6.14. The molecule has 5 nitrogen and oxygen atoms in total. The second-order valence-corrected chi connectivity index (χ2v) is 6.73. The van der Waals surface area contributed by atoms with E-state index in [9.17, 15) is 0 Å². The first kappa shape index (κ1) is 13.8. The van der Waals surface area contributed by atoms with E-state index in [0.717, 1.165) is 41.0 Å². The highest BCUT2D eigenvalue weighted by Gasteiger charge is 2.16. The normalized spacial score (nSPS) is 16.9. The lowest BCUT2D eigenvalue weighted by atomic mass is 10.2. The molecule has 0 bridgehead atoms. The fourth-order valence-electron chi connectivity index (χ4n) is 2.95. The molecule has 0 N–H and O–H groups in total. The molecule has 0 spiro atoms. The van der Waals surface area contributed by atoms with Gasteiger partial charge < -0.3 is 0 Å². The molecule has 3 heterocycles. The topological polar surface area (TPSA) is 46.3 Å². The Bertz CT molecular complexity index is 740. The van der Waals surface area contributed by atoms with Gasteiger partial charge in [-0.1, -0.05) is 54.5 Å². The number of fused-ring (bicyclic) bond motifs is 1. The van der Waals surface area contributed by atoms with Crippen molar-refractivity contribution in [3.8, 4) is 10.6 Å². The van der Waals surface area contributed by atoms with Crippen LogP contribution in [0.2, 0.25) is 0 Å². The predicted octanol–water partition coefficient (Wildman–Crippen LogP) is 3.23. The van der Waals surface area contributed by atoms with Crippen LogP contribution in [0.15, 0.2) is 30.3 Å². The van der Waals surface area contributed by atoms with Gasteiger partial charge in [-0.05, 0) is 25.9 Å². The molecule has 0 aliphatic carbocycles. The average molecular weight is 313 g/mol. The smallest absolute Gasteiger partial charge is 0.235 e. The summed E-state index contributed by atoms with van der Waals surface area (Å²) >= 11 is 1.60. The Hall–Kier alpha value is -1.79. The van der Waals surface area contributed by atoms with E-state index in [0.29, 0.717) is 0 Å². The first-order valence-electron chi connectivity index (χ1n) is 7.89. The molecule has 2 aromatic heterocycles. The second-order valence-electron chi connectivity index (χ2n) is 5.77. The van der Waals surface area contributed by atoms with E-state index in [-0.39, 0.29) is 0 Å². The maximum absolute atomic E-state index is 4.72. The minimum atomic E-state index is 0.846. The van der Waals surface area contributed by atoms with E-state index in [2.05, 4.69) is 27.2 Å². The molecule has 6 heteroatoms. The lowest BCUT2D eigenvalue weighted by Crippen LogP contribution is -2.25. The van der Waals surface area contributed by atoms with E-state index in [1.807, 2.05) is 22.7 Å². The van der Waals surface area contributed by atoms with Gasteiger partial charge in [0.1, 0.15) is 5.01 Å². The van der Waals surface area contributed by atoms with Crippen molar-refractivity contribution in [2.45, 2.75) is 32.2 Å². The Morgan fingerprint density at radius 1 is 0.955 bits per heavy atom. The van der Waals surface area contributed by atoms with Gasteiger partial charge in [0.25, 0.3) is 0 Å². The molecule has 1 aliphatic heterocycles. The van der Waals surface area contributed by atoms with Gasteiger partial charge in [-0.3, -0.25) is 4.90 Å². The summed E-state index contributed by atoms with van der Waals surface area (Å²) in [6, 6.07) is 10.3. The largest absolute Gasteiger partial charge is 0.296 e. The highest BCUT2D eigenvalue weighted by atomic mass is 32.1. The minimum Gasteiger partial charge on any atom is -0.296 e. The van der Waals surface area contributed by atoms with Crippen molar-refractivity contribution in [3.05, 3.63) is 36.2 Å². The molecule has 0 amide bonds. The van der Waals surface area contributed by atoms with Crippen molar-refractivity contribution < 1.29 is 0 Å². The summed E-state index contributed by atoms with van der Waals surface area (Å²) in [7, 11) is 0. The number of rotatable bonds is 3. The molecule has 22 heavy (non-hydrogen) atoms. The van der Waals surface area contributed by atoms with Crippen LogP contribution in [0.1, 0.15) is 31.5 Å². The number of nitrogens with zero attached hydrogens (tertiary/aromatic N) is 5. The van der Waals surface area contributed by atoms with E-state index >= 15 is 0 Å². The molecule has 0 atom stereocenters. The molecule has 114 valence electrons. The number of hydrogen-bond donors (Lipinski definition) is 0. The summed E-state index contributed by atoms with van der Waals surface area (Å²) in [6.07, 6.45) is 5.27. The number of likely N-dealkylation sites (tertiary alicyclic amines) is 1. The van der Waals surface area contributed by atoms with Gasteiger partial charge in [0, 0.05) is 5.56 Å². The van der Waals surface area contributed by atoms with Crippen LogP contribution in [0.25, 0.3) is 15.5 Å². The van der Waals surface area contributed by atoms with Crippen LogP contribution in [-0.2, 0) is 6.54 Å². The summed E-state index contributed by atoms with van der Waals surface area (Å²) in [5.74, 6) is 0.954. The molecular formula is C16H19N5S. The third-order valence-electron chi connectivity index (χ3n) is 4.14. The summed E-state index contributed by atoms with van der Waals surface area (Å²) < 4.78 is 1.91. The Morgan fingerprint density at radius 3 is 2.50 bits per heavy atom. The van der Waals surface area contributed by atoms with Crippen LogP contribution in [0, 0.1) is 0 Å². The minimum absolute atomic E-state index is 0.846. The zero-order valence-corrected chi connectivity index (χ0v) is 13.3. The van der Waals surface area contributed by atoms with Crippen molar-refractivity contribution in [3.63, 3.8) is 0 Å². The monoisotopic (exact) mass is 313 g/mol. The molecule has 1 aromatic carbocycles. The van der Waals surface area contributed by atoms with E-state index in [1.54, 1.807) is 11.3 Å². The summed E-state index contributed by atoms with van der Waals surface area (Å²) in [5, 5.41) is 14.3. The number of hydrogen-bond acceptors (Lipinski definition) is 5. The SMILES string of the molecule is c1ccc(-c2nn3c(CN4CCCCCC4)nnc3s2)cc1. The highest BCUT2D eigenvalue weighted by molar-refractivity contribution is 7.19. The predicted molar refractivity (Wildman–Crippen MR) is 87.8 cm³/mol. The summed E-state index contributed by atoms with van der Waals surface area (Å²) in [6.45, 7) is 3.16. The summed E-state index contributed by atoms with van der Waals surface area (Å²) in [4.78, 5) is 3.36. The standard InChI is InChI=1S/C16H19N5S/c1-2-7-11-20(10-6-1)12-14-17-18-16-21(14)19-15(22-16)13-8-4-3-5-9-13/h3-5,8-9H,1-2,6-7,10-12H2. The van der Waals surface area contributed by atoms with E-state index in [4.69, 9.17) is 5.10 Å². The fraction of sp³-hybridized carbons (Fsp3) is 0.438. The van der Waals surface area contributed by atoms with Crippen LogP contribution in [-0.4, -0.2) is 37.8 Å². The molecule has 0 radical (unpaired) electrons. The van der Waals surface area contributed by atoms with Gasteiger partial charge in [0.15, 0.2) is 5.82 Å². The van der Waals surface area contributed by atoms with Crippen LogP contribution in [0.4, 0.5) is 0 Å². The van der Waals surface area contributed by atoms with Crippen LogP contribution in [0.3, 0.4) is 0 Å². The van der Waals surface area contributed by atoms with Crippen molar-refractivity contribution in [1.29, 1.82) is 0 Å². The van der Waals surface area contributed by atoms with Gasteiger partial charge in [0.2, 0.25) is 4.96 Å². The zero-order valence-electron chi connectivity index (χ0n) is 12.5. The van der Waals surface area contributed by atoms with Gasteiger partial charge in [-0.25, -0.2) is 0 Å². The van der Waals surface area contributed by atoms with Crippen molar-refractivity contribution in [2.75, 3.05) is 13.1 Å². The molecule has 0 unspecified atom stereocenters. The van der Waals surface area contributed by atoms with E-state index in [1.165, 1.54) is 25.7 Å². The van der Waals surface area contributed by atoms with Crippen LogP contribution in [0.5, 0.6) is 0 Å². The molecule has 1 saturated heterocycles. The third kappa shape index (κ3) is 2.76. The molecular weight excluding hydrogens is 294 g/mol. The average Bonchev–Trinajstić information content (AvgIpc) is 3.03. The van der Waals surface area contributed by atoms with Gasteiger partial charge >= 0.3 is 0 Å². The third-order valence-corrected chi connectivity index (χ3v) is 5.09. The summed E-state index contributed by atoms with van der Waals surface area (Å²) in [5.41, 5.74) is 1.14. The lowest BCUT2D eigenvalue weighted by Gasteiger charge is -2.17. The van der Waals surface area contributed by atoms with E-state index < -0.39 is 0 Å². The molecule has 3 aromatic rings. The molecule has 0 saturated carbocycles. The van der Waals surface area contributed by atoms with Crippen molar-refractivity contribution in [2.24, 2.45) is 0 Å².